The van der Waals surface area contributed by atoms with Crippen molar-refractivity contribution in [3.05, 3.63) is 27.9 Å². The van der Waals surface area contributed by atoms with Crippen LogP contribution in [0.3, 0.4) is 0 Å². The molecule has 2 aromatic heterocycles. The Hall–Kier alpha value is -1.82. The predicted molar refractivity (Wildman–Crippen MR) is 86.6 cm³/mol. The molecule has 0 unspecified atom stereocenters. The molecular formula is C13H17N5O4S2. The lowest BCUT2D eigenvalue weighted by atomic mass is 10.1. The third kappa shape index (κ3) is 3.34. The highest BCUT2D eigenvalue weighted by atomic mass is 32.2. The zero-order valence-corrected chi connectivity index (χ0v) is 14.6. The maximum Gasteiger partial charge on any atom is 0.338 e. The smallest absolute Gasteiger partial charge is 0.338 e. The first-order valence-electron chi connectivity index (χ1n) is 7.33. The standard InChI is InChI=1S/C13H17N5O4S2/c1-8-7-18(17-16-8)5-4-15-24(21,22)13-11(12(19)20)9-2-3-14-6-10(9)23-13/h7,14-15H,2-6H2,1H3,(H,19,20). The maximum atomic E-state index is 12.5. The Bertz CT molecular complexity index is 871. The van der Waals surface area contributed by atoms with Crippen LogP contribution < -0.4 is 10.0 Å². The van der Waals surface area contributed by atoms with Gasteiger partial charge in [0.25, 0.3) is 10.0 Å². The van der Waals surface area contributed by atoms with Crippen molar-refractivity contribution in [2.75, 3.05) is 13.1 Å². The first-order valence-corrected chi connectivity index (χ1v) is 9.63. The SMILES string of the molecule is Cc1cn(CCNS(=O)(=O)c2sc3c(c2C(=O)O)CCNC3)nn1. The number of aromatic nitrogens is 3. The summed E-state index contributed by atoms with van der Waals surface area (Å²) in [7, 11) is -3.89. The Morgan fingerprint density at radius 3 is 3.00 bits per heavy atom. The summed E-state index contributed by atoms with van der Waals surface area (Å²) in [4.78, 5) is 12.3. The second-order valence-electron chi connectivity index (χ2n) is 5.42. The Labute approximate surface area is 142 Å². The van der Waals surface area contributed by atoms with Crippen molar-refractivity contribution >= 4 is 27.3 Å². The zero-order valence-electron chi connectivity index (χ0n) is 12.9. The van der Waals surface area contributed by atoms with Crippen molar-refractivity contribution in [3.8, 4) is 0 Å². The fourth-order valence-electron chi connectivity index (χ4n) is 2.58. The number of sulfonamides is 1. The van der Waals surface area contributed by atoms with Crippen LogP contribution in [0.25, 0.3) is 0 Å². The van der Waals surface area contributed by atoms with Crippen molar-refractivity contribution in [3.63, 3.8) is 0 Å². The molecule has 2 aromatic rings. The first-order chi connectivity index (χ1) is 11.4. The number of fused-ring (bicyclic) bond motifs is 1. The normalized spacial score (nSPS) is 14.5. The Kier molecular flexibility index (Phi) is 4.67. The molecular weight excluding hydrogens is 354 g/mol. The van der Waals surface area contributed by atoms with E-state index in [-0.39, 0.29) is 16.3 Å². The largest absolute Gasteiger partial charge is 0.478 e. The number of aryl methyl sites for hydroxylation is 1. The van der Waals surface area contributed by atoms with E-state index in [2.05, 4.69) is 20.4 Å². The molecule has 1 aliphatic rings. The van der Waals surface area contributed by atoms with Gasteiger partial charge in [-0.2, -0.15) is 0 Å². The lowest BCUT2D eigenvalue weighted by molar-refractivity contribution is 0.0692. The van der Waals surface area contributed by atoms with E-state index in [0.29, 0.717) is 31.6 Å². The molecule has 3 N–H and O–H groups in total. The number of hydrogen-bond donors (Lipinski definition) is 3. The van der Waals surface area contributed by atoms with E-state index in [1.807, 2.05) is 0 Å². The van der Waals surface area contributed by atoms with E-state index in [9.17, 15) is 18.3 Å². The number of carboxylic acid groups (broad SMARTS) is 1. The minimum Gasteiger partial charge on any atom is -0.478 e. The third-order valence-electron chi connectivity index (χ3n) is 3.64. The topological polar surface area (TPSA) is 126 Å². The molecule has 0 bridgehead atoms. The van der Waals surface area contributed by atoms with Gasteiger partial charge < -0.3 is 10.4 Å². The fourth-order valence-corrected chi connectivity index (χ4v) is 5.51. The third-order valence-corrected chi connectivity index (χ3v) is 6.85. The first kappa shape index (κ1) is 17.0. The molecule has 1 aliphatic heterocycles. The van der Waals surface area contributed by atoms with Crippen molar-refractivity contribution in [1.82, 2.24) is 25.0 Å². The Morgan fingerprint density at radius 1 is 1.54 bits per heavy atom. The molecule has 0 saturated heterocycles. The molecule has 24 heavy (non-hydrogen) atoms. The summed E-state index contributed by atoms with van der Waals surface area (Å²) in [6, 6.07) is 0. The second kappa shape index (κ2) is 6.59. The molecule has 0 amide bonds. The molecule has 0 atom stereocenters. The molecule has 3 heterocycles. The van der Waals surface area contributed by atoms with Crippen LogP contribution in [0.2, 0.25) is 0 Å². The van der Waals surface area contributed by atoms with Crippen LogP contribution in [0.1, 0.15) is 26.5 Å². The molecule has 130 valence electrons. The van der Waals surface area contributed by atoms with Gasteiger partial charge >= 0.3 is 5.97 Å². The number of carbonyl (C=O) groups is 1. The summed E-state index contributed by atoms with van der Waals surface area (Å²) < 4.78 is 28.9. The van der Waals surface area contributed by atoms with E-state index >= 15 is 0 Å². The lowest BCUT2D eigenvalue weighted by Crippen LogP contribution is -2.28. The quantitative estimate of drug-likeness (QED) is 0.651. The van der Waals surface area contributed by atoms with Gasteiger partial charge in [-0.25, -0.2) is 17.9 Å². The monoisotopic (exact) mass is 371 g/mol. The van der Waals surface area contributed by atoms with Gasteiger partial charge in [-0.15, -0.1) is 16.4 Å². The van der Waals surface area contributed by atoms with Crippen LogP contribution in [0.5, 0.6) is 0 Å². The lowest BCUT2D eigenvalue weighted by Gasteiger charge is -2.12. The molecule has 0 spiro atoms. The van der Waals surface area contributed by atoms with Crippen LogP contribution >= 0.6 is 11.3 Å². The van der Waals surface area contributed by atoms with Gasteiger partial charge in [0.15, 0.2) is 0 Å². The Balaban J connectivity index is 1.81. The zero-order chi connectivity index (χ0) is 17.3. The van der Waals surface area contributed by atoms with Gasteiger partial charge in [0.2, 0.25) is 0 Å². The van der Waals surface area contributed by atoms with Crippen molar-refractivity contribution in [2.24, 2.45) is 0 Å². The van der Waals surface area contributed by atoms with E-state index in [4.69, 9.17) is 0 Å². The number of hydrogen-bond acceptors (Lipinski definition) is 7. The van der Waals surface area contributed by atoms with Crippen molar-refractivity contribution < 1.29 is 18.3 Å². The maximum absolute atomic E-state index is 12.5. The summed E-state index contributed by atoms with van der Waals surface area (Å²) in [6.07, 6.45) is 2.22. The van der Waals surface area contributed by atoms with Crippen molar-refractivity contribution in [2.45, 2.75) is 30.6 Å². The number of nitrogens with one attached hydrogen (secondary N) is 2. The number of rotatable bonds is 6. The second-order valence-corrected chi connectivity index (χ2v) is 8.49. The predicted octanol–water partition coefficient (Wildman–Crippen LogP) is -0.0296. The van der Waals surface area contributed by atoms with E-state index < -0.39 is 16.0 Å². The number of aromatic carboxylic acids is 1. The molecule has 0 aliphatic carbocycles. The van der Waals surface area contributed by atoms with Gasteiger partial charge in [-0.1, -0.05) is 5.21 Å². The van der Waals surface area contributed by atoms with Crippen LogP contribution in [-0.4, -0.2) is 47.6 Å². The van der Waals surface area contributed by atoms with E-state index in [0.717, 1.165) is 21.9 Å². The molecule has 3 rings (SSSR count). The summed E-state index contributed by atoms with van der Waals surface area (Å²) in [5, 5.41) is 20.2. The summed E-state index contributed by atoms with van der Waals surface area (Å²) in [6.45, 7) is 3.34. The van der Waals surface area contributed by atoms with Crippen LogP contribution in [0, 0.1) is 6.92 Å². The minimum absolute atomic E-state index is 0.0967. The highest BCUT2D eigenvalue weighted by Gasteiger charge is 2.31. The molecule has 0 aromatic carbocycles. The molecule has 0 fully saturated rings. The van der Waals surface area contributed by atoms with E-state index in [1.54, 1.807) is 13.1 Å². The van der Waals surface area contributed by atoms with Crippen LogP contribution in [0.15, 0.2) is 10.4 Å². The van der Waals surface area contributed by atoms with E-state index in [1.165, 1.54) is 4.68 Å². The van der Waals surface area contributed by atoms with Gasteiger partial charge in [-0.05, 0) is 25.5 Å². The number of nitrogens with zero attached hydrogens (tertiary/aromatic N) is 3. The fraction of sp³-hybridized carbons (Fsp3) is 0.462. The van der Waals surface area contributed by atoms with Crippen LogP contribution in [-0.2, 0) is 29.5 Å². The summed E-state index contributed by atoms with van der Waals surface area (Å²) >= 11 is 1.02. The number of carboxylic acids is 1. The van der Waals surface area contributed by atoms with Gasteiger partial charge in [-0.3, -0.25) is 4.68 Å². The van der Waals surface area contributed by atoms with Gasteiger partial charge in [0, 0.05) is 24.2 Å². The average molecular weight is 371 g/mol. The van der Waals surface area contributed by atoms with Crippen molar-refractivity contribution in [1.29, 1.82) is 0 Å². The van der Waals surface area contributed by atoms with Gasteiger partial charge in [0.05, 0.1) is 17.8 Å². The molecule has 0 saturated carbocycles. The average Bonchev–Trinajstić information content (AvgIpc) is 3.11. The van der Waals surface area contributed by atoms with Gasteiger partial charge in [0.1, 0.15) is 4.21 Å². The summed E-state index contributed by atoms with van der Waals surface area (Å²) in [5.41, 5.74) is 1.27. The van der Waals surface area contributed by atoms with Crippen LogP contribution in [0.4, 0.5) is 0 Å². The highest BCUT2D eigenvalue weighted by molar-refractivity contribution is 7.91. The highest BCUT2D eigenvalue weighted by Crippen LogP contribution is 2.34. The Morgan fingerprint density at radius 2 is 2.33 bits per heavy atom. The molecule has 0 radical (unpaired) electrons. The summed E-state index contributed by atoms with van der Waals surface area (Å²) in [5.74, 6) is -1.21. The minimum atomic E-state index is -3.89. The molecule has 11 heteroatoms. The number of thiophene rings is 1. The molecule has 9 nitrogen and oxygen atoms in total.